The monoisotopic (exact) mass is 326 g/mol. The second kappa shape index (κ2) is 6.42. The molecule has 118 valence electrons. The molecule has 0 amide bonds. The zero-order valence-electron chi connectivity index (χ0n) is 13.0. The van der Waals surface area contributed by atoms with Gasteiger partial charge in [0, 0.05) is 5.56 Å². The average molecular weight is 326 g/mol. The van der Waals surface area contributed by atoms with Crippen LogP contribution in [0.2, 0.25) is 0 Å². The SMILES string of the molecule is CC(C)c1ccc2c(O[SH](=O)=O)cc(-c3ccccc3)c-2cc1. The fourth-order valence-corrected chi connectivity index (χ4v) is 3.04. The van der Waals surface area contributed by atoms with Gasteiger partial charge in [0.05, 0.1) is 0 Å². The molecule has 0 aromatic heterocycles. The van der Waals surface area contributed by atoms with Crippen LogP contribution in [-0.2, 0) is 11.0 Å². The maximum atomic E-state index is 11.0. The van der Waals surface area contributed by atoms with E-state index < -0.39 is 11.0 Å². The Hall–Kier alpha value is -2.33. The molecule has 2 aliphatic carbocycles. The molecule has 0 N–H and O–H groups in total. The largest absolute Gasteiger partial charge is 0.384 e. The number of hydrogen-bond acceptors (Lipinski definition) is 3. The van der Waals surface area contributed by atoms with E-state index in [-0.39, 0.29) is 0 Å². The lowest BCUT2D eigenvalue weighted by atomic mass is 10.0. The molecule has 4 heteroatoms. The highest BCUT2D eigenvalue weighted by Crippen LogP contribution is 2.43. The third kappa shape index (κ3) is 3.22. The molecule has 1 aromatic rings. The van der Waals surface area contributed by atoms with Gasteiger partial charge in [0.15, 0.2) is 5.75 Å². The van der Waals surface area contributed by atoms with Gasteiger partial charge in [-0.05, 0) is 34.2 Å². The normalized spacial score (nSPS) is 11.3. The van der Waals surface area contributed by atoms with E-state index in [9.17, 15) is 8.42 Å². The maximum Gasteiger partial charge on any atom is 0.299 e. The van der Waals surface area contributed by atoms with E-state index in [4.69, 9.17) is 4.18 Å². The molecular weight excluding hydrogens is 308 g/mol. The Labute approximate surface area is 138 Å². The Kier molecular flexibility index (Phi) is 4.35. The molecule has 0 fully saturated rings. The molecular formula is C19H18O3S. The third-order valence-corrected chi connectivity index (χ3v) is 4.28. The first-order valence-electron chi connectivity index (χ1n) is 7.50. The van der Waals surface area contributed by atoms with Gasteiger partial charge in [-0.2, -0.15) is 8.42 Å². The van der Waals surface area contributed by atoms with Gasteiger partial charge in [-0.15, -0.1) is 0 Å². The summed E-state index contributed by atoms with van der Waals surface area (Å²) in [7, 11) is -2.94. The molecule has 0 bridgehead atoms. The molecule has 0 aliphatic heterocycles. The standard InChI is InChI=1S/C19H18O3S/c1-13(2)14-8-10-16-17(11-9-14)19(22-23(20)21)12-18(16)15-6-4-3-5-7-15/h3-13,23H,1-2H3. The topological polar surface area (TPSA) is 43.4 Å². The van der Waals surface area contributed by atoms with Crippen LogP contribution < -0.4 is 4.18 Å². The van der Waals surface area contributed by atoms with Crippen molar-refractivity contribution in [3.05, 3.63) is 66.2 Å². The predicted octanol–water partition coefficient (Wildman–Crippen LogP) is 4.49. The van der Waals surface area contributed by atoms with E-state index in [1.54, 1.807) is 6.07 Å². The quantitative estimate of drug-likeness (QED) is 0.719. The zero-order valence-corrected chi connectivity index (χ0v) is 13.9. The summed E-state index contributed by atoms with van der Waals surface area (Å²) >= 11 is 0. The summed E-state index contributed by atoms with van der Waals surface area (Å²) in [6.07, 6.45) is 0. The van der Waals surface area contributed by atoms with Crippen molar-refractivity contribution in [2.24, 2.45) is 0 Å². The van der Waals surface area contributed by atoms with Crippen molar-refractivity contribution in [2.45, 2.75) is 19.8 Å². The first-order valence-corrected chi connectivity index (χ1v) is 8.60. The highest BCUT2D eigenvalue weighted by atomic mass is 32.2. The highest BCUT2D eigenvalue weighted by molar-refractivity contribution is 7.67. The minimum atomic E-state index is -2.94. The number of fused-ring (bicyclic) bond motifs is 1. The Balaban J connectivity index is 2.24. The van der Waals surface area contributed by atoms with Gasteiger partial charge in [0.2, 0.25) is 0 Å². The first kappa shape index (κ1) is 15.6. The third-order valence-electron chi connectivity index (χ3n) is 3.93. The van der Waals surface area contributed by atoms with Gasteiger partial charge < -0.3 is 4.18 Å². The second-order valence-corrected chi connectivity index (χ2v) is 6.38. The molecule has 2 aliphatic rings. The molecule has 3 rings (SSSR count). The van der Waals surface area contributed by atoms with E-state index in [0.717, 1.165) is 22.3 Å². The fourth-order valence-electron chi connectivity index (χ4n) is 2.73. The van der Waals surface area contributed by atoms with Gasteiger partial charge >= 0.3 is 0 Å². The van der Waals surface area contributed by atoms with Crippen molar-refractivity contribution in [3.8, 4) is 28.0 Å². The van der Waals surface area contributed by atoms with Gasteiger partial charge in [0.25, 0.3) is 11.0 Å². The highest BCUT2D eigenvalue weighted by Gasteiger charge is 2.18. The van der Waals surface area contributed by atoms with Crippen LogP contribution in [0.1, 0.15) is 25.3 Å². The Morgan fingerprint density at radius 1 is 0.826 bits per heavy atom. The lowest BCUT2D eigenvalue weighted by Crippen LogP contribution is -1.88. The summed E-state index contributed by atoms with van der Waals surface area (Å²) in [5.41, 5.74) is 4.98. The smallest absolute Gasteiger partial charge is 0.299 e. The summed E-state index contributed by atoms with van der Waals surface area (Å²) in [6.45, 7) is 4.26. The average Bonchev–Trinajstić information content (AvgIpc) is 2.71. The zero-order chi connectivity index (χ0) is 16.4. The molecule has 1 aromatic carbocycles. The van der Waals surface area contributed by atoms with Crippen LogP contribution in [0.4, 0.5) is 0 Å². The van der Waals surface area contributed by atoms with E-state index in [0.29, 0.717) is 11.7 Å². The van der Waals surface area contributed by atoms with Crippen LogP contribution in [0.25, 0.3) is 22.3 Å². The van der Waals surface area contributed by atoms with Crippen LogP contribution in [0.5, 0.6) is 5.75 Å². The molecule has 0 atom stereocenters. The molecule has 3 nitrogen and oxygen atoms in total. The summed E-state index contributed by atoms with van der Waals surface area (Å²) < 4.78 is 27.1. The second-order valence-electron chi connectivity index (χ2n) is 5.75. The minimum Gasteiger partial charge on any atom is -0.384 e. The minimum absolute atomic E-state index is 0.376. The van der Waals surface area contributed by atoms with E-state index >= 15 is 0 Å². The van der Waals surface area contributed by atoms with E-state index in [1.165, 1.54) is 5.56 Å². The van der Waals surface area contributed by atoms with Crippen LogP contribution in [0.3, 0.4) is 0 Å². The fraction of sp³-hybridized carbons (Fsp3) is 0.158. The van der Waals surface area contributed by atoms with Crippen LogP contribution in [-0.4, -0.2) is 8.42 Å². The Morgan fingerprint density at radius 2 is 1.48 bits per heavy atom. The number of hydrogen-bond donors (Lipinski definition) is 1. The van der Waals surface area contributed by atoms with Crippen LogP contribution in [0, 0.1) is 0 Å². The van der Waals surface area contributed by atoms with Crippen molar-refractivity contribution in [1.29, 1.82) is 0 Å². The molecule has 0 saturated carbocycles. The molecule has 23 heavy (non-hydrogen) atoms. The lowest BCUT2D eigenvalue weighted by Gasteiger charge is -2.01. The van der Waals surface area contributed by atoms with Gasteiger partial charge in [-0.1, -0.05) is 68.4 Å². The summed E-state index contributed by atoms with van der Waals surface area (Å²) in [4.78, 5) is 0. The lowest BCUT2D eigenvalue weighted by molar-refractivity contribution is 0.512. The van der Waals surface area contributed by atoms with Gasteiger partial charge in [-0.25, -0.2) is 0 Å². The van der Waals surface area contributed by atoms with Crippen molar-refractivity contribution in [2.75, 3.05) is 0 Å². The number of thiol groups is 1. The van der Waals surface area contributed by atoms with E-state index in [1.807, 2.05) is 48.5 Å². The van der Waals surface area contributed by atoms with Crippen LogP contribution in [0.15, 0.2) is 60.7 Å². The number of benzene rings is 1. The van der Waals surface area contributed by atoms with Crippen LogP contribution >= 0.6 is 0 Å². The number of rotatable bonds is 4. The summed E-state index contributed by atoms with van der Waals surface area (Å²) in [5, 5.41) is 0. The van der Waals surface area contributed by atoms with E-state index in [2.05, 4.69) is 19.9 Å². The van der Waals surface area contributed by atoms with Gasteiger partial charge in [0.1, 0.15) is 0 Å². The molecule has 0 unspecified atom stereocenters. The molecule has 0 heterocycles. The first-order chi connectivity index (χ1) is 11.1. The maximum absolute atomic E-state index is 11.0. The molecule has 0 saturated heterocycles. The summed E-state index contributed by atoms with van der Waals surface area (Å²) in [6, 6.07) is 19.8. The van der Waals surface area contributed by atoms with Crippen molar-refractivity contribution < 1.29 is 12.6 Å². The molecule has 0 spiro atoms. The summed E-state index contributed by atoms with van der Waals surface area (Å²) in [5.74, 6) is 0.771. The molecule has 0 radical (unpaired) electrons. The van der Waals surface area contributed by atoms with Crippen molar-refractivity contribution >= 4 is 11.0 Å². The predicted molar refractivity (Wildman–Crippen MR) is 93.5 cm³/mol. The Morgan fingerprint density at radius 3 is 2.09 bits per heavy atom. The van der Waals surface area contributed by atoms with Crippen molar-refractivity contribution in [1.82, 2.24) is 0 Å². The van der Waals surface area contributed by atoms with Gasteiger partial charge in [-0.3, -0.25) is 0 Å². The Bertz CT molecular complexity index is 859. The van der Waals surface area contributed by atoms with Crippen molar-refractivity contribution in [3.63, 3.8) is 0 Å².